The molecule has 0 aliphatic rings. The predicted molar refractivity (Wildman–Crippen MR) is 95.9 cm³/mol. The van der Waals surface area contributed by atoms with E-state index in [9.17, 15) is 4.79 Å². The molecule has 0 spiro atoms. The lowest BCUT2D eigenvalue weighted by molar-refractivity contribution is -0.908. The fraction of sp³-hybridized carbons (Fsp3) is 0.632. The lowest BCUT2D eigenvalue weighted by Gasteiger charge is -2.34. The van der Waals surface area contributed by atoms with Crippen LogP contribution in [0.15, 0.2) is 24.3 Å². The lowest BCUT2D eigenvalue weighted by Crippen LogP contribution is -3.00. The van der Waals surface area contributed by atoms with Gasteiger partial charge in [-0.05, 0) is 37.1 Å². The van der Waals surface area contributed by atoms with Crippen LogP contribution in [0.25, 0.3) is 0 Å². The largest absolute Gasteiger partial charge is 1.00 e. The molecule has 0 fully saturated rings. The van der Waals surface area contributed by atoms with Crippen LogP contribution in [0, 0.1) is 0 Å². The number of nitrogens with one attached hydrogen (secondary N) is 1. The summed E-state index contributed by atoms with van der Waals surface area (Å²) in [7, 11) is 3.94. The molecule has 1 amide bonds. The number of hydrogen-bond acceptors (Lipinski definition) is 2. The summed E-state index contributed by atoms with van der Waals surface area (Å²) in [5, 5.41) is 3.05. The van der Waals surface area contributed by atoms with E-state index >= 15 is 0 Å². The second kappa shape index (κ2) is 12.5. The molecule has 1 N–H and O–H groups in total. The van der Waals surface area contributed by atoms with Gasteiger partial charge in [-0.25, -0.2) is 0 Å². The molecule has 5 heteroatoms. The van der Waals surface area contributed by atoms with Crippen LogP contribution in [0.5, 0.6) is 5.75 Å². The molecule has 0 radical (unpaired) electrons. The summed E-state index contributed by atoms with van der Waals surface area (Å²) in [6, 6.07) is 7.24. The SMILES string of the molecule is CCCC[N+](C)(CCCC)CCNC(=O)c1ccc(OC)cc1.[I-]. The number of methoxy groups -OCH3 is 1. The molecule has 4 nitrogen and oxygen atoms in total. The molecule has 0 saturated heterocycles. The van der Waals surface area contributed by atoms with Crippen molar-refractivity contribution in [3.05, 3.63) is 29.8 Å². The van der Waals surface area contributed by atoms with Gasteiger partial charge in [-0.15, -0.1) is 0 Å². The number of carbonyl (C=O) groups is 1. The van der Waals surface area contributed by atoms with E-state index in [0.29, 0.717) is 5.56 Å². The fourth-order valence-electron chi connectivity index (χ4n) is 2.70. The number of unbranched alkanes of at least 4 members (excludes halogenated alkanes) is 2. The highest BCUT2D eigenvalue weighted by molar-refractivity contribution is 5.94. The van der Waals surface area contributed by atoms with Crippen molar-refractivity contribution >= 4 is 5.91 Å². The Kier molecular flexibility index (Phi) is 12.1. The molecule has 1 aromatic carbocycles. The topological polar surface area (TPSA) is 38.3 Å². The molecule has 0 aliphatic heterocycles. The van der Waals surface area contributed by atoms with Crippen molar-refractivity contribution in [2.45, 2.75) is 39.5 Å². The summed E-state index contributed by atoms with van der Waals surface area (Å²) in [5.41, 5.74) is 0.683. The summed E-state index contributed by atoms with van der Waals surface area (Å²) in [5.74, 6) is 0.759. The third-order valence-electron chi connectivity index (χ3n) is 4.39. The van der Waals surface area contributed by atoms with Crippen molar-refractivity contribution in [1.82, 2.24) is 5.32 Å². The van der Waals surface area contributed by atoms with Crippen molar-refractivity contribution in [2.24, 2.45) is 0 Å². The van der Waals surface area contributed by atoms with Crippen LogP contribution < -0.4 is 34.0 Å². The molecule has 0 atom stereocenters. The number of quaternary nitrogens is 1. The van der Waals surface area contributed by atoms with Gasteiger partial charge < -0.3 is 38.5 Å². The number of nitrogens with zero attached hydrogens (tertiary/aromatic N) is 1. The number of benzene rings is 1. The van der Waals surface area contributed by atoms with Crippen molar-refractivity contribution in [3.63, 3.8) is 0 Å². The van der Waals surface area contributed by atoms with E-state index in [-0.39, 0.29) is 29.9 Å². The van der Waals surface area contributed by atoms with E-state index in [2.05, 4.69) is 26.2 Å². The van der Waals surface area contributed by atoms with Gasteiger partial charge in [0.15, 0.2) is 0 Å². The average molecular weight is 448 g/mol. The fourth-order valence-corrected chi connectivity index (χ4v) is 2.70. The van der Waals surface area contributed by atoms with E-state index in [1.165, 1.54) is 38.8 Å². The first-order chi connectivity index (χ1) is 11.0. The summed E-state index contributed by atoms with van der Waals surface area (Å²) < 4.78 is 6.16. The quantitative estimate of drug-likeness (QED) is 0.395. The Bertz CT molecular complexity index is 455. The Hall–Kier alpha value is -0.820. The minimum absolute atomic E-state index is 0. The highest BCUT2D eigenvalue weighted by Crippen LogP contribution is 2.11. The number of halogens is 1. The number of likely N-dealkylation sites (N-methyl/N-ethyl adjacent to an activating group) is 1. The second-order valence-corrected chi connectivity index (χ2v) is 6.48. The molecule has 0 aliphatic carbocycles. The van der Waals surface area contributed by atoms with Crippen molar-refractivity contribution < 1.29 is 38.0 Å². The Morgan fingerprint density at radius 1 is 1.04 bits per heavy atom. The van der Waals surface area contributed by atoms with Crippen LogP contribution >= 0.6 is 0 Å². The molecule has 0 saturated carbocycles. The van der Waals surface area contributed by atoms with E-state index in [0.717, 1.165) is 23.3 Å². The normalized spacial score (nSPS) is 10.8. The Labute approximate surface area is 164 Å². The smallest absolute Gasteiger partial charge is 0.251 e. The predicted octanol–water partition coefficient (Wildman–Crippen LogP) is 0.476. The highest BCUT2D eigenvalue weighted by Gasteiger charge is 2.20. The Balaban J connectivity index is 0.00000529. The van der Waals surface area contributed by atoms with E-state index in [1.807, 2.05) is 12.1 Å². The first-order valence-corrected chi connectivity index (χ1v) is 8.80. The zero-order valence-corrected chi connectivity index (χ0v) is 17.8. The van der Waals surface area contributed by atoms with Gasteiger partial charge in [0.2, 0.25) is 0 Å². The third kappa shape index (κ3) is 8.33. The zero-order valence-electron chi connectivity index (χ0n) is 15.6. The van der Waals surface area contributed by atoms with Gasteiger partial charge >= 0.3 is 0 Å². The Morgan fingerprint density at radius 3 is 2.04 bits per heavy atom. The van der Waals surface area contributed by atoms with Crippen LogP contribution in [-0.2, 0) is 0 Å². The van der Waals surface area contributed by atoms with Gasteiger partial charge in [0.25, 0.3) is 5.91 Å². The van der Waals surface area contributed by atoms with Crippen molar-refractivity contribution in [2.75, 3.05) is 40.3 Å². The monoisotopic (exact) mass is 448 g/mol. The maximum Gasteiger partial charge on any atom is 0.251 e. The number of hydrogen-bond donors (Lipinski definition) is 1. The first-order valence-electron chi connectivity index (χ1n) is 8.80. The van der Waals surface area contributed by atoms with E-state index < -0.39 is 0 Å². The summed E-state index contributed by atoms with van der Waals surface area (Å²) in [6.45, 7) is 8.55. The molecular weight excluding hydrogens is 415 g/mol. The standard InChI is InChI=1S/C19H32N2O2.HI/c1-5-7-14-21(3,15-8-6-2)16-13-20-19(22)17-9-11-18(23-4)12-10-17;/h9-12H,5-8,13-16H2,1-4H3;1H. The molecule has 1 rings (SSSR count). The van der Waals surface area contributed by atoms with Crippen molar-refractivity contribution in [3.8, 4) is 5.75 Å². The molecule has 1 aromatic rings. The maximum absolute atomic E-state index is 12.2. The number of amides is 1. The van der Waals surface area contributed by atoms with Gasteiger partial charge in [0.05, 0.1) is 40.3 Å². The number of ether oxygens (including phenoxy) is 1. The molecule has 0 bridgehead atoms. The maximum atomic E-state index is 12.2. The van der Waals surface area contributed by atoms with Crippen LogP contribution in [0.1, 0.15) is 49.9 Å². The van der Waals surface area contributed by atoms with Gasteiger partial charge in [-0.2, -0.15) is 0 Å². The van der Waals surface area contributed by atoms with Crippen LogP contribution in [0.3, 0.4) is 0 Å². The number of rotatable bonds is 11. The molecule has 0 aromatic heterocycles. The van der Waals surface area contributed by atoms with Crippen molar-refractivity contribution in [1.29, 1.82) is 0 Å². The van der Waals surface area contributed by atoms with Crippen LogP contribution in [-0.4, -0.2) is 50.7 Å². The molecule has 0 unspecified atom stereocenters. The van der Waals surface area contributed by atoms with E-state index in [4.69, 9.17) is 4.74 Å². The van der Waals surface area contributed by atoms with Crippen LogP contribution in [0.2, 0.25) is 0 Å². The zero-order chi connectivity index (χ0) is 17.1. The average Bonchev–Trinajstić information content (AvgIpc) is 2.58. The highest BCUT2D eigenvalue weighted by atomic mass is 127. The van der Waals surface area contributed by atoms with Gasteiger partial charge in [-0.3, -0.25) is 4.79 Å². The van der Waals surface area contributed by atoms with E-state index in [1.54, 1.807) is 19.2 Å². The van der Waals surface area contributed by atoms with Gasteiger partial charge in [-0.1, -0.05) is 26.7 Å². The lowest BCUT2D eigenvalue weighted by atomic mass is 10.2. The molecule has 138 valence electrons. The van der Waals surface area contributed by atoms with Gasteiger partial charge in [0, 0.05) is 5.56 Å². The molecular formula is C19H33IN2O2. The minimum Gasteiger partial charge on any atom is -1.00 e. The number of carbonyl (C=O) groups excluding carboxylic acids is 1. The minimum atomic E-state index is -0.00909. The molecule has 0 heterocycles. The third-order valence-corrected chi connectivity index (χ3v) is 4.39. The first kappa shape index (κ1) is 23.2. The Morgan fingerprint density at radius 2 is 1.58 bits per heavy atom. The second-order valence-electron chi connectivity index (χ2n) is 6.48. The van der Waals surface area contributed by atoms with Gasteiger partial charge in [0.1, 0.15) is 5.75 Å². The summed E-state index contributed by atoms with van der Waals surface area (Å²) in [6.07, 6.45) is 4.93. The van der Waals surface area contributed by atoms with Crippen LogP contribution in [0.4, 0.5) is 0 Å². The molecule has 24 heavy (non-hydrogen) atoms. The summed E-state index contributed by atoms with van der Waals surface area (Å²) in [4.78, 5) is 12.2. The summed E-state index contributed by atoms with van der Waals surface area (Å²) >= 11 is 0.